The molecule has 4 aromatic rings. The van der Waals surface area contributed by atoms with Gasteiger partial charge in [0, 0.05) is 4.47 Å². The largest absolute Gasteiger partial charge is 0.489 e. The minimum absolute atomic E-state index is 0.150. The second-order valence-electron chi connectivity index (χ2n) is 7.16. The molecule has 0 bridgehead atoms. The normalized spacial score (nSPS) is 10.7. The van der Waals surface area contributed by atoms with Crippen molar-refractivity contribution in [3.63, 3.8) is 0 Å². The molecule has 0 fully saturated rings. The molecule has 0 spiro atoms. The lowest BCUT2D eigenvalue weighted by Gasteiger charge is -2.09. The quantitative estimate of drug-likeness (QED) is 0.233. The van der Waals surface area contributed by atoms with Crippen LogP contribution in [0.15, 0.2) is 105 Å². The molecule has 4 rings (SSSR count). The van der Waals surface area contributed by atoms with E-state index in [1.54, 1.807) is 36.4 Å². The highest BCUT2D eigenvalue weighted by Gasteiger charge is 2.15. The van der Waals surface area contributed by atoms with Crippen molar-refractivity contribution in [1.29, 1.82) is 0 Å². The van der Waals surface area contributed by atoms with Gasteiger partial charge < -0.3 is 14.5 Å². The number of para-hydroxylation sites is 1. The van der Waals surface area contributed by atoms with Gasteiger partial charge in [0.05, 0.1) is 23.7 Å². The lowest BCUT2D eigenvalue weighted by Crippen LogP contribution is -2.21. The maximum Gasteiger partial charge on any atom is 0.291 e. The molecule has 0 aliphatic carbocycles. The Morgan fingerprint density at radius 3 is 2.41 bits per heavy atom. The number of anilines is 1. The van der Waals surface area contributed by atoms with E-state index in [-0.39, 0.29) is 11.3 Å². The molecule has 3 aromatic carbocycles. The Hall–Kier alpha value is -4.17. The maximum atomic E-state index is 12.6. The van der Waals surface area contributed by atoms with Crippen LogP contribution in [0.2, 0.25) is 0 Å². The van der Waals surface area contributed by atoms with Crippen molar-refractivity contribution in [3.05, 3.63) is 118 Å². The maximum absolute atomic E-state index is 12.6. The van der Waals surface area contributed by atoms with Crippen molar-refractivity contribution >= 4 is 39.6 Å². The van der Waals surface area contributed by atoms with E-state index < -0.39 is 11.8 Å². The number of amides is 2. The molecular formula is C26H20BrN3O4. The van der Waals surface area contributed by atoms with Gasteiger partial charge in [-0.1, -0.05) is 40.2 Å². The van der Waals surface area contributed by atoms with Crippen LogP contribution in [-0.4, -0.2) is 18.0 Å². The van der Waals surface area contributed by atoms with Crippen LogP contribution in [0, 0.1) is 0 Å². The summed E-state index contributed by atoms with van der Waals surface area (Å²) >= 11 is 3.41. The summed E-state index contributed by atoms with van der Waals surface area (Å²) in [6.07, 6.45) is 2.93. The summed E-state index contributed by atoms with van der Waals surface area (Å²) in [5.41, 5.74) is 4.96. The first-order valence-electron chi connectivity index (χ1n) is 10.3. The highest BCUT2D eigenvalue weighted by Crippen LogP contribution is 2.17. The second-order valence-corrected chi connectivity index (χ2v) is 8.08. The number of benzene rings is 3. The van der Waals surface area contributed by atoms with Crippen LogP contribution in [0.1, 0.15) is 32.0 Å². The van der Waals surface area contributed by atoms with Gasteiger partial charge in [-0.3, -0.25) is 9.59 Å². The lowest BCUT2D eigenvalue weighted by molar-refractivity contribution is 0.0956. The van der Waals surface area contributed by atoms with Crippen molar-refractivity contribution < 1.29 is 18.7 Å². The number of nitrogens with zero attached hydrogens (tertiary/aromatic N) is 1. The smallest absolute Gasteiger partial charge is 0.291 e. The number of hydrogen-bond donors (Lipinski definition) is 2. The van der Waals surface area contributed by atoms with Crippen molar-refractivity contribution in [1.82, 2.24) is 5.43 Å². The Labute approximate surface area is 204 Å². The third kappa shape index (κ3) is 6.20. The molecule has 2 N–H and O–H groups in total. The van der Waals surface area contributed by atoms with Crippen LogP contribution in [0.4, 0.5) is 5.69 Å². The van der Waals surface area contributed by atoms with Gasteiger partial charge in [0.25, 0.3) is 11.8 Å². The fraction of sp³-hybridized carbons (Fsp3) is 0.0385. The Bertz CT molecular complexity index is 1280. The molecule has 0 aliphatic heterocycles. The molecule has 0 radical (unpaired) electrons. The average Bonchev–Trinajstić information content (AvgIpc) is 3.40. The number of ether oxygens (including phenoxy) is 1. The number of halogens is 1. The highest BCUT2D eigenvalue weighted by molar-refractivity contribution is 9.10. The van der Waals surface area contributed by atoms with Crippen LogP contribution in [0.3, 0.4) is 0 Å². The summed E-state index contributed by atoms with van der Waals surface area (Å²) in [5, 5.41) is 6.69. The predicted octanol–water partition coefficient (Wildman–Crippen LogP) is 5.64. The first-order chi connectivity index (χ1) is 16.6. The lowest BCUT2D eigenvalue weighted by atomic mass is 10.1. The van der Waals surface area contributed by atoms with Crippen LogP contribution in [0.5, 0.6) is 5.75 Å². The Morgan fingerprint density at radius 1 is 0.912 bits per heavy atom. The molecule has 0 saturated carbocycles. The molecule has 1 aromatic heterocycles. The number of nitrogens with one attached hydrogen (secondary N) is 2. The molecule has 170 valence electrons. The van der Waals surface area contributed by atoms with E-state index >= 15 is 0 Å². The monoisotopic (exact) mass is 517 g/mol. The van der Waals surface area contributed by atoms with Crippen molar-refractivity contribution in [3.8, 4) is 5.75 Å². The van der Waals surface area contributed by atoms with E-state index in [4.69, 9.17) is 9.15 Å². The number of hydrogen-bond acceptors (Lipinski definition) is 5. The number of carbonyl (C=O) groups excluding carboxylic acids is 2. The molecule has 0 unspecified atom stereocenters. The van der Waals surface area contributed by atoms with Crippen LogP contribution in [-0.2, 0) is 6.61 Å². The number of furan rings is 1. The van der Waals surface area contributed by atoms with Gasteiger partial charge in [-0.15, -0.1) is 0 Å². The van der Waals surface area contributed by atoms with E-state index in [9.17, 15) is 9.59 Å². The van der Waals surface area contributed by atoms with Gasteiger partial charge >= 0.3 is 0 Å². The summed E-state index contributed by atoms with van der Waals surface area (Å²) < 4.78 is 11.9. The molecule has 8 heteroatoms. The van der Waals surface area contributed by atoms with Gasteiger partial charge in [0.1, 0.15) is 12.4 Å². The van der Waals surface area contributed by atoms with Gasteiger partial charge in [-0.25, -0.2) is 5.43 Å². The fourth-order valence-corrected chi connectivity index (χ4v) is 3.27. The molecular weight excluding hydrogens is 498 g/mol. The van der Waals surface area contributed by atoms with E-state index in [1.165, 1.54) is 12.5 Å². The Kier molecular flexibility index (Phi) is 7.52. The SMILES string of the molecule is O=C(Nc1ccccc1C(=O)N/N=C\c1ccc(OCc2ccc(Br)cc2)cc1)c1ccco1. The van der Waals surface area contributed by atoms with Crippen molar-refractivity contribution in [2.45, 2.75) is 6.61 Å². The second kappa shape index (κ2) is 11.1. The molecule has 2 amide bonds. The predicted molar refractivity (Wildman–Crippen MR) is 133 cm³/mol. The topological polar surface area (TPSA) is 92.9 Å². The fourth-order valence-electron chi connectivity index (χ4n) is 3.00. The first-order valence-corrected chi connectivity index (χ1v) is 11.1. The minimum atomic E-state index is -0.457. The van der Waals surface area contributed by atoms with E-state index in [0.29, 0.717) is 12.3 Å². The van der Waals surface area contributed by atoms with Crippen LogP contribution in [0.25, 0.3) is 0 Å². The van der Waals surface area contributed by atoms with E-state index in [2.05, 4.69) is 31.8 Å². The van der Waals surface area contributed by atoms with Gasteiger partial charge in [0.15, 0.2) is 5.76 Å². The molecule has 34 heavy (non-hydrogen) atoms. The Morgan fingerprint density at radius 2 is 1.68 bits per heavy atom. The standard InChI is InChI=1S/C26H20BrN3O4/c27-20-11-7-19(8-12-20)17-34-21-13-9-18(10-14-21)16-28-30-25(31)22-4-1-2-5-23(22)29-26(32)24-6-3-15-33-24/h1-16H,17H2,(H,29,32)(H,30,31)/b28-16-. The summed E-state index contributed by atoms with van der Waals surface area (Å²) in [6.45, 7) is 0.465. The van der Waals surface area contributed by atoms with Crippen molar-refractivity contribution in [2.75, 3.05) is 5.32 Å². The van der Waals surface area contributed by atoms with Crippen LogP contribution < -0.4 is 15.5 Å². The third-order valence-electron chi connectivity index (χ3n) is 4.74. The summed E-state index contributed by atoms with van der Waals surface area (Å²) in [5.74, 6) is -0.0277. The zero-order valence-electron chi connectivity index (χ0n) is 17.9. The number of hydrazone groups is 1. The first kappa shape index (κ1) is 23.0. The Balaban J connectivity index is 1.32. The third-order valence-corrected chi connectivity index (χ3v) is 5.27. The molecule has 0 saturated heterocycles. The molecule has 7 nitrogen and oxygen atoms in total. The summed E-state index contributed by atoms with van der Waals surface area (Å²) in [4.78, 5) is 24.8. The minimum Gasteiger partial charge on any atom is -0.489 e. The van der Waals surface area contributed by atoms with Gasteiger partial charge in [-0.2, -0.15) is 5.10 Å². The van der Waals surface area contributed by atoms with E-state index in [1.807, 2.05) is 48.5 Å². The number of rotatable bonds is 8. The summed E-state index contributed by atoms with van der Waals surface area (Å²) in [6, 6.07) is 25.1. The van der Waals surface area contributed by atoms with Crippen molar-refractivity contribution in [2.24, 2.45) is 5.10 Å². The average molecular weight is 518 g/mol. The molecule has 0 aliphatic rings. The highest BCUT2D eigenvalue weighted by atomic mass is 79.9. The zero-order chi connectivity index (χ0) is 23.8. The molecule has 0 atom stereocenters. The summed E-state index contributed by atoms with van der Waals surface area (Å²) in [7, 11) is 0. The molecule has 1 heterocycles. The number of carbonyl (C=O) groups is 2. The van der Waals surface area contributed by atoms with Crippen LogP contribution >= 0.6 is 15.9 Å². The zero-order valence-corrected chi connectivity index (χ0v) is 19.5. The van der Waals surface area contributed by atoms with Gasteiger partial charge in [-0.05, 0) is 71.8 Å². The van der Waals surface area contributed by atoms with E-state index in [0.717, 1.165) is 21.3 Å². The van der Waals surface area contributed by atoms with Gasteiger partial charge in [0.2, 0.25) is 0 Å².